The van der Waals surface area contributed by atoms with Gasteiger partial charge in [0, 0.05) is 105 Å². The zero-order valence-corrected chi connectivity index (χ0v) is 44.2. The first-order chi connectivity index (χ1) is 35.7. The number of carbonyl (C=O) groups is 6. The van der Waals surface area contributed by atoms with Crippen molar-refractivity contribution in [1.82, 2.24) is 40.0 Å². The van der Waals surface area contributed by atoms with E-state index < -0.39 is 49.1 Å². The highest BCUT2D eigenvalue weighted by Crippen LogP contribution is 2.40. The molecule has 19 nitrogen and oxygen atoms in total. The third-order valence-corrected chi connectivity index (χ3v) is 14.1. The van der Waals surface area contributed by atoms with Crippen LogP contribution in [-0.4, -0.2) is 186 Å². The van der Waals surface area contributed by atoms with E-state index in [-0.39, 0.29) is 104 Å². The van der Waals surface area contributed by atoms with Crippen molar-refractivity contribution in [2.45, 2.75) is 71.7 Å². The Labute approximate surface area is 440 Å². The summed E-state index contributed by atoms with van der Waals surface area (Å²) in [4.78, 5) is 88.6. The van der Waals surface area contributed by atoms with Crippen LogP contribution in [0.4, 0.5) is 8.63 Å². The summed E-state index contributed by atoms with van der Waals surface area (Å²) in [6.45, 7) is 12.1. The minimum Gasteiger partial charge on any atom is -0.480 e. The van der Waals surface area contributed by atoms with Gasteiger partial charge in [0.05, 0.1) is 31.9 Å². The molecule has 3 aromatic rings. The fraction of sp³-hybridized carbons (Fsp3) is 0.462. The van der Waals surface area contributed by atoms with E-state index in [1.165, 1.54) is 0 Å². The lowest BCUT2D eigenvalue weighted by molar-refractivity contribution is -0.140. The van der Waals surface area contributed by atoms with Gasteiger partial charge in [0.15, 0.2) is 0 Å². The van der Waals surface area contributed by atoms with Crippen molar-refractivity contribution in [2.24, 2.45) is 4.99 Å². The molecule has 3 amide bonds. The smallest absolute Gasteiger partial charge is 0.480 e. The van der Waals surface area contributed by atoms with Crippen LogP contribution in [-0.2, 0) is 36.8 Å². The van der Waals surface area contributed by atoms with Gasteiger partial charge < -0.3 is 35.7 Å². The summed E-state index contributed by atoms with van der Waals surface area (Å²) in [7, 11) is -2.83. The fourth-order valence-electron chi connectivity index (χ4n) is 9.64. The van der Waals surface area contributed by atoms with Crippen LogP contribution < -0.4 is 16.0 Å². The number of rotatable bonds is 22. The molecule has 0 saturated carbocycles. The first-order valence-corrected chi connectivity index (χ1v) is 25.7. The Hall–Kier alpha value is -6.71. The lowest BCUT2D eigenvalue weighted by Crippen LogP contribution is -2.51. The standard InChI is InChI=1S/C52H67BF2N10O9S/c1-7-41-33(3)49(59-35(41)5)48(50-34(4)42(8-2)36(6)65(50)53(54)55)38-11-13-39(14-12-38)51(73)60-43(27-37-9-15-40(16-10-37)75-32-56)52(74)58-18-17-57-44(66)28-61-19-21-62(29-45(67)68)23-25-64(31-47(71)72)26-24-63(22-20-61)30-46(69)70/h9-16,43H,7-8,17-31H2,1-6H3,(H,57,66)(H,58,74)(H,60,73)(H,67,68)(H,69,70)(H,71,72)/b49-48-/t43-/m0/s1. The molecule has 5 rings (SSSR count). The average Bonchev–Trinajstić information content (AvgIpc) is 3.78. The van der Waals surface area contributed by atoms with Crippen LogP contribution in [0.25, 0.3) is 5.57 Å². The number of thioether (sulfide) groups is 1. The molecule has 1 atom stereocenters. The molecule has 0 aliphatic carbocycles. The van der Waals surface area contributed by atoms with Crippen LogP contribution in [0, 0.1) is 24.5 Å². The Balaban J connectivity index is 1.31. The molecule has 2 aromatic carbocycles. The minimum atomic E-state index is -2.83. The molecule has 3 heterocycles. The molecule has 0 unspecified atom stereocenters. The Morgan fingerprint density at radius 2 is 1.21 bits per heavy atom. The van der Waals surface area contributed by atoms with Crippen molar-refractivity contribution in [1.29, 1.82) is 5.26 Å². The number of halogens is 2. The van der Waals surface area contributed by atoms with Crippen molar-refractivity contribution in [3.05, 3.63) is 105 Å². The van der Waals surface area contributed by atoms with Gasteiger partial charge in [-0.1, -0.05) is 38.1 Å². The predicted octanol–water partition coefficient (Wildman–Crippen LogP) is 4.02. The van der Waals surface area contributed by atoms with E-state index >= 15 is 0 Å². The summed E-state index contributed by atoms with van der Waals surface area (Å²) in [5.74, 6) is -4.75. The van der Waals surface area contributed by atoms with Gasteiger partial charge in [0.25, 0.3) is 5.91 Å². The average molecular weight is 1060 g/mol. The summed E-state index contributed by atoms with van der Waals surface area (Å²) >= 11 is 0.974. The number of carboxylic acid groups (broad SMARTS) is 3. The van der Waals surface area contributed by atoms with E-state index in [1.807, 2.05) is 40.0 Å². The summed E-state index contributed by atoms with van der Waals surface area (Å²) in [5.41, 5.74) is 7.61. The fourth-order valence-corrected chi connectivity index (χ4v) is 10.0. The molecule has 1 fully saturated rings. The van der Waals surface area contributed by atoms with Crippen molar-refractivity contribution in [2.75, 3.05) is 91.6 Å². The van der Waals surface area contributed by atoms with Crippen LogP contribution >= 0.6 is 11.8 Å². The third-order valence-electron chi connectivity index (χ3n) is 13.5. The van der Waals surface area contributed by atoms with E-state index in [0.29, 0.717) is 57.1 Å². The summed E-state index contributed by atoms with van der Waals surface area (Å²) in [5, 5.41) is 48.2. The first kappa shape index (κ1) is 59.2. The molecule has 0 radical (unpaired) electrons. The number of aromatic nitrogens is 1. The van der Waals surface area contributed by atoms with Gasteiger partial charge in [-0.2, -0.15) is 5.26 Å². The zero-order chi connectivity index (χ0) is 54.9. The Kier molecular flexibility index (Phi) is 22.3. The number of nitrogens with one attached hydrogen (secondary N) is 3. The van der Waals surface area contributed by atoms with E-state index in [0.717, 1.165) is 38.7 Å². The number of carbonyl (C=O) groups excluding carboxylic acids is 3. The molecular weight excluding hydrogens is 990 g/mol. The van der Waals surface area contributed by atoms with Gasteiger partial charge in [0.2, 0.25) is 11.8 Å². The van der Waals surface area contributed by atoms with Crippen molar-refractivity contribution in [3.63, 3.8) is 0 Å². The maximum atomic E-state index is 15.0. The molecule has 1 saturated heterocycles. The van der Waals surface area contributed by atoms with Crippen molar-refractivity contribution < 1.29 is 52.7 Å². The number of nitriles is 1. The van der Waals surface area contributed by atoms with Crippen LogP contribution in [0.5, 0.6) is 0 Å². The van der Waals surface area contributed by atoms with Crippen LogP contribution in [0.2, 0.25) is 0 Å². The molecule has 2 aliphatic heterocycles. The minimum absolute atomic E-state index is 0.000174. The normalized spacial score (nSPS) is 16.5. The number of aliphatic carboxylic acids is 3. The SMILES string of the molecule is CCC1=C(C)/C(=C(\c2ccc(C(=O)N[C@@H](Cc3ccc(SC#N)cc3)C(=O)NCCNC(=O)CN3CCN(CC(=O)O)CCN(CC(=O)O)CCN(CC(=O)O)CC3)cc2)c2c(C)c(CC)c(C)n2B(F)F)N=C1C. The van der Waals surface area contributed by atoms with Crippen LogP contribution in [0.15, 0.2) is 75.3 Å². The lowest BCUT2D eigenvalue weighted by Gasteiger charge is -2.32. The lowest BCUT2D eigenvalue weighted by atomic mass is 9.92. The van der Waals surface area contributed by atoms with Crippen LogP contribution in [0.3, 0.4) is 0 Å². The number of thiocyanates is 1. The van der Waals surface area contributed by atoms with Gasteiger partial charge in [-0.3, -0.25) is 62.0 Å². The Bertz CT molecular complexity index is 2680. The van der Waals surface area contributed by atoms with Gasteiger partial charge >= 0.3 is 25.3 Å². The van der Waals surface area contributed by atoms with Gasteiger partial charge in [-0.25, -0.2) is 0 Å². The molecule has 0 spiro atoms. The largest absolute Gasteiger partial charge is 0.677 e. The third kappa shape index (κ3) is 16.6. The highest BCUT2D eigenvalue weighted by Gasteiger charge is 2.33. The quantitative estimate of drug-likeness (QED) is 0.0360. The maximum Gasteiger partial charge on any atom is 0.677 e. The van der Waals surface area contributed by atoms with E-state index in [4.69, 9.17) is 10.3 Å². The summed E-state index contributed by atoms with van der Waals surface area (Å²) < 4.78 is 31.0. The molecule has 2 aliphatic rings. The number of carboxylic acids is 3. The second kappa shape index (κ2) is 28.3. The molecule has 23 heteroatoms. The number of nitrogens with zero attached hydrogens (tertiary/aromatic N) is 7. The van der Waals surface area contributed by atoms with Gasteiger partial charge in [0.1, 0.15) is 11.4 Å². The number of hydrogen-bond acceptors (Lipinski definition) is 13. The number of allylic oxidation sites excluding steroid dienone is 2. The van der Waals surface area contributed by atoms with E-state index in [2.05, 4.69) is 16.0 Å². The van der Waals surface area contributed by atoms with Crippen molar-refractivity contribution in [3.8, 4) is 5.40 Å². The molecule has 1 aromatic heterocycles. The van der Waals surface area contributed by atoms with Gasteiger partial charge in [-0.05, 0) is 110 Å². The molecular formula is C52H67BF2N10O9S. The molecule has 402 valence electrons. The second-order valence-electron chi connectivity index (χ2n) is 18.5. The number of benzene rings is 2. The first-order valence-electron chi connectivity index (χ1n) is 24.9. The predicted molar refractivity (Wildman–Crippen MR) is 283 cm³/mol. The summed E-state index contributed by atoms with van der Waals surface area (Å²) in [6, 6.07) is 12.4. The highest BCUT2D eigenvalue weighted by molar-refractivity contribution is 8.03. The number of amides is 3. The van der Waals surface area contributed by atoms with Crippen molar-refractivity contribution >= 4 is 66.1 Å². The number of hydrogen-bond donors (Lipinski definition) is 6. The second-order valence-corrected chi connectivity index (χ2v) is 19.3. The van der Waals surface area contributed by atoms with E-state index in [9.17, 15) is 52.7 Å². The molecule has 0 bridgehead atoms. The maximum absolute atomic E-state index is 15.0. The molecule has 6 N–H and O–H groups in total. The Morgan fingerprint density at radius 3 is 1.67 bits per heavy atom. The Morgan fingerprint density at radius 1 is 0.720 bits per heavy atom. The monoisotopic (exact) mass is 1060 g/mol. The zero-order valence-electron chi connectivity index (χ0n) is 43.4. The number of aliphatic imine (C=N–C) groups is 1. The topological polar surface area (TPSA) is 253 Å². The highest BCUT2D eigenvalue weighted by atomic mass is 32.2. The van der Waals surface area contributed by atoms with Gasteiger partial charge in [-0.15, -0.1) is 0 Å². The van der Waals surface area contributed by atoms with Crippen LogP contribution in [0.1, 0.15) is 78.1 Å². The van der Waals surface area contributed by atoms with E-state index in [1.54, 1.807) is 75.1 Å². The summed E-state index contributed by atoms with van der Waals surface area (Å²) in [6.07, 6.45) is 1.31. The molecule has 75 heavy (non-hydrogen) atoms.